The third-order valence-electron chi connectivity index (χ3n) is 4.64. The van der Waals surface area contributed by atoms with Crippen LogP contribution in [0.3, 0.4) is 0 Å². The SMILES string of the molecule is CCCCCCCCCCCCO/C=C1\CCCC[NH+]1C.[Cl-]. The Hall–Kier alpha value is -0.210. The Labute approximate surface area is 145 Å². The van der Waals surface area contributed by atoms with Gasteiger partial charge in [-0.2, -0.15) is 0 Å². The van der Waals surface area contributed by atoms with Gasteiger partial charge >= 0.3 is 0 Å². The van der Waals surface area contributed by atoms with Crippen molar-refractivity contribution in [3.8, 4) is 0 Å². The van der Waals surface area contributed by atoms with E-state index in [9.17, 15) is 0 Å². The van der Waals surface area contributed by atoms with Gasteiger partial charge in [-0.1, -0.05) is 64.7 Å². The summed E-state index contributed by atoms with van der Waals surface area (Å²) < 4.78 is 5.73. The highest BCUT2D eigenvalue weighted by Gasteiger charge is 2.15. The van der Waals surface area contributed by atoms with Crippen LogP contribution in [0.15, 0.2) is 12.0 Å². The molecule has 0 amide bonds. The lowest BCUT2D eigenvalue weighted by atomic mass is 10.1. The zero-order valence-electron chi connectivity index (χ0n) is 15.0. The smallest absolute Gasteiger partial charge is 0.142 e. The summed E-state index contributed by atoms with van der Waals surface area (Å²) in [4.78, 5) is 1.55. The number of nitrogens with one attached hydrogen (secondary N) is 1. The number of piperidine rings is 1. The average Bonchev–Trinajstić information content (AvgIpc) is 2.50. The maximum absolute atomic E-state index is 5.73. The fourth-order valence-electron chi connectivity index (χ4n) is 3.07. The highest BCUT2D eigenvalue weighted by Crippen LogP contribution is 2.11. The van der Waals surface area contributed by atoms with Gasteiger partial charge in [0, 0.05) is 6.42 Å². The van der Waals surface area contributed by atoms with E-state index < -0.39 is 0 Å². The van der Waals surface area contributed by atoms with Crippen molar-refractivity contribution in [2.75, 3.05) is 20.2 Å². The first-order chi connectivity index (χ1) is 10.3. The standard InChI is InChI=1S/C19H37NO.ClH/c1-3-4-5-6-7-8-9-10-11-14-17-21-18-19-15-12-13-16-20(19)2;/h18H,3-17H2,1-2H3;1H/b19-18+;. The maximum Gasteiger partial charge on any atom is 0.142 e. The molecule has 1 aliphatic heterocycles. The highest BCUT2D eigenvalue weighted by atomic mass is 35.5. The molecule has 1 unspecified atom stereocenters. The average molecular weight is 332 g/mol. The van der Waals surface area contributed by atoms with Crippen LogP contribution in [0.25, 0.3) is 0 Å². The molecule has 0 saturated carbocycles. The van der Waals surface area contributed by atoms with Crippen LogP contribution in [-0.2, 0) is 4.74 Å². The minimum atomic E-state index is 0. The van der Waals surface area contributed by atoms with Crippen molar-refractivity contribution in [1.29, 1.82) is 0 Å². The van der Waals surface area contributed by atoms with Crippen LogP contribution in [-0.4, -0.2) is 20.2 Å². The number of hydrogen-bond donors (Lipinski definition) is 1. The van der Waals surface area contributed by atoms with Crippen molar-refractivity contribution >= 4 is 0 Å². The number of ether oxygens (including phenoxy) is 1. The van der Waals surface area contributed by atoms with E-state index in [1.807, 2.05) is 6.26 Å². The van der Waals surface area contributed by atoms with Crippen LogP contribution in [0.1, 0.15) is 90.4 Å². The van der Waals surface area contributed by atoms with Gasteiger partial charge in [0.2, 0.25) is 0 Å². The molecule has 3 heteroatoms. The first-order valence-corrected chi connectivity index (χ1v) is 9.48. The minimum absolute atomic E-state index is 0. The fraction of sp³-hybridized carbons (Fsp3) is 0.895. The summed E-state index contributed by atoms with van der Waals surface area (Å²) in [5, 5.41) is 0. The molecule has 2 nitrogen and oxygen atoms in total. The first kappa shape index (κ1) is 21.8. The maximum atomic E-state index is 5.73. The number of likely N-dealkylation sites (tertiary alicyclic amines) is 1. The molecule has 0 bridgehead atoms. The van der Waals surface area contributed by atoms with Gasteiger partial charge in [-0.15, -0.1) is 0 Å². The lowest BCUT2D eigenvalue weighted by molar-refractivity contribution is -0.845. The van der Waals surface area contributed by atoms with Crippen molar-refractivity contribution in [3.63, 3.8) is 0 Å². The Morgan fingerprint density at radius 3 is 2.09 bits per heavy atom. The second-order valence-electron chi connectivity index (χ2n) is 6.68. The van der Waals surface area contributed by atoms with Gasteiger partial charge in [-0.05, 0) is 19.3 Å². The summed E-state index contributed by atoms with van der Waals surface area (Å²) in [6.45, 7) is 4.46. The van der Waals surface area contributed by atoms with Gasteiger partial charge in [0.1, 0.15) is 12.0 Å². The van der Waals surface area contributed by atoms with E-state index >= 15 is 0 Å². The molecule has 0 aromatic carbocycles. The van der Waals surface area contributed by atoms with E-state index in [1.54, 1.807) is 4.90 Å². The number of halogens is 1. The summed E-state index contributed by atoms with van der Waals surface area (Å²) in [5.41, 5.74) is 1.47. The van der Waals surface area contributed by atoms with Crippen molar-refractivity contribution in [3.05, 3.63) is 12.0 Å². The Morgan fingerprint density at radius 1 is 0.909 bits per heavy atom. The van der Waals surface area contributed by atoms with E-state index in [4.69, 9.17) is 4.74 Å². The number of quaternary nitrogens is 1. The van der Waals surface area contributed by atoms with Gasteiger partial charge < -0.3 is 22.0 Å². The third-order valence-corrected chi connectivity index (χ3v) is 4.64. The fourth-order valence-corrected chi connectivity index (χ4v) is 3.07. The van der Waals surface area contributed by atoms with Crippen molar-refractivity contribution in [2.24, 2.45) is 0 Å². The van der Waals surface area contributed by atoms with Crippen LogP contribution >= 0.6 is 0 Å². The third kappa shape index (κ3) is 11.4. The van der Waals surface area contributed by atoms with Crippen LogP contribution in [0.4, 0.5) is 0 Å². The minimum Gasteiger partial charge on any atom is -1.00 e. The van der Waals surface area contributed by atoms with Crippen molar-refractivity contribution in [2.45, 2.75) is 90.4 Å². The summed E-state index contributed by atoms with van der Waals surface area (Å²) in [6.07, 6.45) is 19.9. The highest BCUT2D eigenvalue weighted by molar-refractivity contribution is 4.87. The Morgan fingerprint density at radius 2 is 1.50 bits per heavy atom. The van der Waals surface area contributed by atoms with Crippen LogP contribution in [0.5, 0.6) is 0 Å². The molecule has 1 heterocycles. The molecule has 1 atom stereocenters. The predicted octanol–water partition coefficient (Wildman–Crippen LogP) is 1.47. The number of unbranched alkanes of at least 4 members (excludes halogenated alkanes) is 9. The molecule has 0 spiro atoms. The molecule has 1 saturated heterocycles. The largest absolute Gasteiger partial charge is 1.00 e. The van der Waals surface area contributed by atoms with Gasteiger partial charge in [-0.25, -0.2) is 0 Å². The topological polar surface area (TPSA) is 13.7 Å². The van der Waals surface area contributed by atoms with Gasteiger partial charge in [0.05, 0.1) is 20.2 Å². The van der Waals surface area contributed by atoms with E-state index in [0.29, 0.717) is 0 Å². The normalized spacial score (nSPS) is 19.9. The second-order valence-corrected chi connectivity index (χ2v) is 6.68. The lowest BCUT2D eigenvalue weighted by Crippen LogP contribution is -3.07. The first-order valence-electron chi connectivity index (χ1n) is 9.48. The zero-order valence-corrected chi connectivity index (χ0v) is 15.7. The van der Waals surface area contributed by atoms with Crippen molar-refractivity contribution in [1.82, 2.24) is 0 Å². The van der Waals surface area contributed by atoms with Crippen LogP contribution in [0, 0.1) is 0 Å². The molecule has 0 aromatic heterocycles. The quantitative estimate of drug-likeness (QED) is 0.422. The van der Waals surface area contributed by atoms with Gasteiger partial charge in [0.25, 0.3) is 0 Å². The summed E-state index contributed by atoms with van der Waals surface area (Å²) in [6, 6.07) is 0. The van der Waals surface area contributed by atoms with E-state index in [2.05, 4.69) is 14.0 Å². The number of allylic oxidation sites excluding steroid dienone is 1. The second kappa shape index (κ2) is 15.7. The van der Waals surface area contributed by atoms with Gasteiger partial charge in [0.15, 0.2) is 0 Å². The molecule has 0 aliphatic carbocycles. The Balaban J connectivity index is 0.00000441. The van der Waals surface area contributed by atoms with E-state index in [1.165, 1.54) is 95.7 Å². The van der Waals surface area contributed by atoms with Crippen molar-refractivity contribution < 1.29 is 22.0 Å². The van der Waals surface area contributed by atoms with E-state index in [-0.39, 0.29) is 12.4 Å². The molecule has 1 fully saturated rings. The molecular formula is C19H38ClNO. The molecule has 0 radical (unpaired) electrons. The zero-order chi connectivity index (χ0) is 15.2. The number of rotatable bonds is 12. The lowest BCUT2D eigenvalue weighted by Gasteiger charge is -2.21. The van der Waals surface area contributed by atoms with Crippen LogP contribution < -0.4 is 17.3 Å². The molecule has 22 heavy (non-hydrogen) atoms. The molecule has 132 valence electrons. The molecule has 1 aliphatic rings. The number of hydrogen-bond acceptors (Lipinski definition) is 1. The molecule has 1 rings (SSSR count). The summed E-state index contributed by atoms with van der Waals surface area (Å²) in [7, 11) is 2.26. The molecule has 0 aromatic rings. The van der Waals surface area contributed by atoms with E-state index in [0.717, 1.165) is 6.61 Å². The molecular weight excluding hydrogens is 294 g/mol. The van der Waals surface area contributed by atoms with Crippen LogP contribution in [0.2, 0.25) is 0 Å². The Bertz CT molecular complexity index is 268. The summed E-state index contributed by atoms with van der Waals surface area (Å²) in [5.74, 6) is 0. The Kier molecular flexibility index (Phi) is 15.5. The molecule has 1 N–H and O–H groups in total. The van der Waals surface area contributed by atoms with Gasteiger partial charge in [-0.3, -0.25) is 0 Å². The monoisotopic (exact) mass is 331 g/mol. The predicted molar refractivity (Wildman–Crippen MR) is 91.5 cm³/mol. The summed E-state index contributed by atoms with van der Waals surface area (Å²) >= 11 is 0.